The minimum Gasteiger partial charge on any atom is -0.462 e. The number of rotatable bonds is 44. The van der Waals surface area contributed by atoms with Crippen LogP contribution in [0.1, 0.15) is 272 Å². The average Bonchev–Trinajstić information content (AvgIpc) is 3.18. The Hall–Kier alpha value is -1.59. The van der Waals surface area contributed by atoms with Crippen LogP contribution >= 0.6 is 0 Å². The molecular formula is C49H94O6. The van der Waals surface area contributed by atoms with Gasteiger partial charge in [-0.3, -0.25) is 14.4 Å². The first-order chi connectivity index (χ1) is 26.9. The van der Waals surface area contributed by atoms with Crippen LogP contribution in [0.4, 0.5) is 0 Å². The van der Waals surface area contributed by atoms with E-state index < -0.39 is 6.10 Å². The lowest BCUT2D eigenvalue weighted by atomic mass is 10.0. The Morgan fingerprint density at radius 2 is 0.618 bits per heavy atom. The fraction of sp³-hybridized carbons (Fsp3) is 0.939. The van der Waals surface area contributed by atoms with Gasteiger partial charge in [-0.2, -0.15) is 0 Å². The van der Waals surface area contributed by atoms with Crippen LogP contribution in [0.3, 0.4) is 0 Å². The molecule has 0 fully saturated rings. The van der Waals surface area contributed by atoms with Crippen LogP contribution in [0.2, 0.25) is 0 Å². The summed E-state index contributed by atoms with van der Waals surface area (Å²) in [4.78, 5) is 38.2. The Labute approximate surface area is 342 Å². The monoisotopic (exact) mass is 779 g/mol. The van der Waals surface area contributed by atoms with Gasteiger partial charge in [-0.1, -0.05) is 240 Å². The molecule has 326 valence electrons. The van der Waals surface area contributed by atoms with E-state index in [0.717, 1.165) is 57.8 Å². The number of carbonyl (C=O) groups is 3. The van der Waals surface area contributed by atoms with Crippen LogP contribution in [-0.2, 0) is 28.6 Å². The first kappa shape index (κ1) is 53.4. The molecule has 0 saturated carbocycles. The van der Waals surface area contributed by atoms with Crippen LogP contribution in [0.15, 0.2) is 0 Å². The normalized spacial score (nSPS) is 11.9. The summed E-state index contributed by atoms with van der Waals surface area (Å²) < 4.78 is 16.9. The van der Waals surface area contributed by atoms with Crippen LogP contribution in [0, 0.1) is 5.92 Å². The van der Waals surface area contributed by atoms with E-state index in [2.05, 4.69) is 20.8 Å². The highest BCUT2D eigenvalue weighted by atomic mass is 16.6. The number of hydrogen-bond acceptors (Lipinski definition) is 6. The van der Waals surface area contributed by atoms with E-state index in [4.69, 9.17) is 14.2 Å². The van der Waals surface area contributed by atoms with Crippen molar-refractivity contribution in [3.8, 4) is 0 Å². The molecule has 0 heterocycles. The molecule has 0 aromatic carbocycles. The predicted octanol–water partition coefficient (Wildman–Crippen LogP) is 15.5. The van der Waals surface area contributed by atoms with Crippen LogP contribution in [0.5, 0.6) is 0 Å². The Bertz CT molecular complexity index is 782. The smallest absolute Gasteiger partial charge is 0.309 e. The second kappa shape index (κ2) is 43.5. The molecule has 0 aliphatic heterocycles. The van der Waals surface area contributed by atoms with Gasteiger partial charge in [0.15, 0.2) is 6.10 Å². The molecule has 1 unspecified atom stereocenters. The summed E-state index contributed by atoms with van der Waals surface area (Å²) in [6.45, 7) is 8.55. The van der Waals surface area contributed by atoms with Gasteiger partial charge >= 0.3 is 17.9 Å². The van der Waals surface area contributed by atoms with Crippen molar-refractivity contribution < 1.29 is 28.6 Å². The number of ether oxygens (including phenoxy) is 3. The molecular weight excluding hydrogens is 685 g/mol. The fourth-order valence-electron chi connectivity index (χ4n) is 7.37. The summed E-state index contributed by atoms with van der Waals surface area (Å²) >= 11 is 0. The van der Waals surface area contributed by atoms with Crippen molar-refractivity contribution in [3.05, 3.63) is 0 Å². The van der Waals surface area contributed by atoms with Gasteiger partial charge in [-0.05, 0) is 19.3 Å². The minimum atomic E-state index is -0.774. The highest BCUT2D eigenvalue weighted by Crippen LogP contribution is 2.18. The third-order valence-corrected chi connectivity index (χ3v) is 11.3. The van der Waals surface area contributed by atoms with Crippen molar-refractivity contribution in [2.45, 2.75) is 278 Å². The second-order valence-electron chi connectivity index (χ2n) is 16.9. The van der Waals surface area contributed by atoms with Gasteiger partial charge in [-0.15, -0.1) is 0 Å². The standard InChI is InChI=1S/C49H94O6/c1-5-8-11-14-17-20-22-24-26-29-32-35-38-41-47(50)53-43-46(55-49(52)45(4)40-37-34-31-28-19-16-13-10-7-3)44-54-48(51)42-39-36-33-30-27-25-23-21-18-15-12-9-6-2/h45-46H,5-44H2,1-4H3. The maximum Gasteiger partial charge on any atom is 0.309 e. The molecule has 0 aromatic heterocycles. The highest BCUT2D eigenvalue weighted by molar-refractivity contribution is 5.72. The quantitative estimate of drug-likeness (QED) is 0.0348. The Balaban J connectivity index is 4.41. The molecule has 0 N–H and O–H groups in total. The van der Waals surface area contributed by atoms with E-state index in [-0.39, 0.29) is 37.0 Å². The molecule has 0 aliphatic rings. The number of esters is 3. The van der Waals surface area contributed by atoms with Crippen molar-refractivity contribution in [1.29, 1.82) is 0 Å². The highest BCUT2D eigenvalue weighted by Gasteiger charge is 2.23. The van der Waals surface area contributed by atoms with E-state index in [0.29, 0.717) is 12.8 Å². The van der Waals surface area contributed by atoms with Gasteiger partial charge in [0.05, 0.1) is 5.92 Å². The van der Waals surface area contributed by atoms with Gasteiger partial charge in [0.25, 0.3) is 0 Å². The zero-order valence-corrected chi connectivity index (χ0v) is 37.4. The Kier molecular flexibility index (Phi) is 42.3. The lowest BCUT2D eigenvalue weighted by molar-refractivity contribution is -0.169. The minimum absolute atomic E-state index is 0.0697. The first-order valence-corrected chi connectivity index (χ1v) is 24.5. The molecule has 0 amide bonds. The summed E-state index contributed by atoms with van der Waals surface area (Å²) in [6.07, 6.45) is 44.6. The number of hydrogen-bond donors (Lipinski definition) is 0. The van der Waals surface area contributed by atoms with E-state index in [1.165, 1.54) is 173 Å². The molecule has 0 aliphatic carbocycles. The van der Waals surface area contributed by atoms with Gasteiger partial charge in [0.2, 0.25) is 0 Å². The molecule has 0 saturated heterocycles. The first-order valence-electron chi connectivity index (χ1n) is 24.5. The molecule has 6 heteroatoms. The van der Waals surface area contributed by atoms with Gasteiger partial charge < -0.3 is 14.2 Å². The summed E-state index contributed by atoms with van der Waals surface area (Å²) in [5, 5.41) is 0. The van der Waals surface area contributed by atoms with Crippen LogP contribution < -0.4 is 0 Å². The van der Waals surface area contributed by atoms with E-state index in [1.54, 1.807) is 0 Å². The average molecular weight is 779 g/mol. The maximum absolute atomic E-state index is 13.0. The lowest BCUT2D eigenvalue weighted by Crippen LogP contribution is -2.32. The fourth-order valence-corrected chi connectivity index (χ4v) is 7.37. The topological polar surface area (TPSA) is 78.9 Å². The van der Waals surface area contributed by atoms with Crippen molar-refractivity contribution >= 4 is 17.9 Å². The molecule has 55 heavy (non-hydrogen) atoms. The van der Waals surface area contributed by atoms with E-state index in [9.17, 15) is 14.4 Å². The van der Waals surface area contributed by atoms with Crippen LogP contribution in [-0.4, -0.2) is 37.2 Å². The maximum atomic E-state index is 13.0. The van der Waals surface area contributed by atoms with Crippen molar-refractivity contribution in [2.24, 2.45) is 5.92 Å². The van der Waals surface area contributed by atoms with Crippen molar-refractivity contribution in [3.63, 3.8) is 0 Å². The lowest BCUT2D eigenvalue weighted by Gasteiger charge is -2.20. The predicted molar refractivity (Wildman–Crippen MR) is 233 cm³/mol. The largest absolute Gasteiger partial charge is 0.462 e. The van der Waals surface area contributed by atoms with Gasteiger partial charge in [0.1, 0.15) is 13.2 Å². The number of unbranched alkanes of at least 4 members (excludes halogenated alkanes) is 32. The number of carbonyl (C=O) groups excluding carboxylic acids is 3. The van der Waals surface area contributed by atoms with Gasteiger partial charge in [-0.25, -0.2) is 0 Å². The van der Waals surface area contributed by atoms with Gasteiger partial charge in [0, 0.05) is 12.8 Å². The molecule has 0 spiro atoms. The summed E-state index contributed by atoms with van der Waals surface area (Å²) in [7, 11) is 0. The third-order valence-electron chi connectivity index (χ3n) is 11.3. The summed E-state index contributed by atoms with van der Waals surface area (Å²) in [6, 6.07) is 0. The molecule has 0 bridgehead atoms. The molecule has 0 rings (SSSR count). The molecule has 1 atom stereocenters. The molecule has 6 nitrogen and oxygen atoms in total. The van der Waals surface area contributed by atoms with Crippen molar-refractivity contribution in [2.75, 3.05) is 13.2 Å². The van der Waals surface area contributed by atoms with E-state index in [1.807, 2.05) is 6.92 Å². The molecule has 0 radical (unpaired) electrons. The van der Waals surface area contributed by atoms with Crippen LogP contribution in [0.25, 0.3) is 0 Å². The van der Waals surface area contributed by atoms with E-state index >= 15 is 0 Å². The van der Waals surface area contributed by atoms with Crippen molar-refractivity contribution in [1.82, 2.24) is 0 Å². The second-order valence-corrected chi connectivity index (χ2v) is 16.9. The molecule has 0 aromatic rings. The SMILES string of the molecule is CCCCCCCCCCCCCCCC(=O)OCC(COC(=O)CCCCCCCCCCCCCCC)OC(=O)C(C)CCCCCCCCCCC. The summed E-state index contributed by atoms with van der Waals surface area (Å²) in [5.41, 5.74) is 0. The zero-order chi connectivity index (χ0) is 40.3. The zero-order valence-electron chi connectivity index (χ0n) is 37.4. The Morgan fingerprint density at radius 3 is 0.909 bits per heavy atom. The Morgan fingerprint density at radius 1 is 0.364 bits per heavy atom. The summed E-state index contributed by atoms with van der Waals surface area (Å²) in [5.74, 6) is -1.09. The third kappa shape index (κ3) is 40.4.